The molecule has 2 aromatic carbocycles. The molecule has 0 aliphatic heterocycles. The van der Waals surface area contributed by atoms with Crippen LogP contribution >= 0.6 is 11.6 Å². The molecule has 0 fully saturated rings. The number of aryl methyl sites for hydroxylation is 1. The number of rotatable bonds is 4. The van der Waals surface area contributed by atoms with Crippen LogP contribution in [0.15, 0.2) is 57.9 Å². The molecule has 0 atom stereocenters. The van der Waals surface area contributed by atoms with Gasteiger partial charge in [-0.1, -0.05) is 38.4 Å². The van der Waals surface area contributed by atoms with Gasteiger partial charge in [0.2, 0.25) is 0 Å². The van der Waals surface area contributed by atoms with Crippen LogP contribution in [0.2, 0.25) is 5.02 Å². The summed E-state index contributed by atoms with van der Waals surface area (Å²) in [6.45, 7) is 7.85. The van der Waals surface area contributed by atoms with Gasteiger partial charge in [0.05, 0.1) is 5.02 Å². The van der Waals surface area contributed by atoms with E-state index >= 15 is 0 Å². The van der Waals surface area contributed by atoms with Crippen molar-refractivity contribution in [2.45, 2.75) is 39.5 Å². The van der Waals surface area contributed by atoms with Crippen LogP contribution < -0.4 is 16.3 Å². The van der Waals surface area contributed by atoms with E-state index in [-0.39, 0.29) is 34.1 Å². The Kier molecular flexibility index (Phi) is 6.73. The molecule has 2 heterocycles. The largest absolute Gasteiger partial charge is 0.508 e. The Morgan fingerprint density at radius 3 is 2.53 bits per heavy atom. The number of aromatic hydroxyl groups is 1. The Morgan fingerprint density at radius 2 is 1.89 bits per heavy atom. The second kappa shape index (κ2) is 9.62. The summed E-state index contributed by atoms with van der Waals surface area (Å²) in [5.74, 6) is -0.280. The van der Waals surface area contributed by atoms with Crippen LogP contribution in [0, 0.1) is 12.7 Å². The number of amides is 2. The van der Waals surface area contributed by atoms with Gasteiger partial charge >= 0.3 is 11.7 Å². The number of pyridine rings is 1. The highest BCUT2D eigenvalue weighted by Gasteiger charge is 2.21. The number of nitrogens with zero attached hydrogens (tertiary/aromatic N) is 1. The van der Waals surface area contributed by atoms with E-state index in [1.807, 2.05) is 33.8 Å². The van der Waals surface area contributed by atoms with Crippen molar-refractivity contribution in [3.05, 3.63) is 92.2 Å². The van der Waals surface area contributed by atoms with Crippen LogP contribution in [0.5, 0.6) is 5.75 Å². The fourth-order valence-corrected chi connectivity index (χ4v) is 4.01. The third-order valence-corrected chi connectivity index (χ3v) is 6.14. The maximum Gasteiger partial charge on any atom is 0.340 e. The van der Waals surface area contributed by atoms with Gasteiger partial charge in [-0.25, -0.2) is 19.0 Å². The van der Waals surface area contributed by atoms with Gasteiger partial charge in [-0.3, -0.25) is 5.32 Å². The van der Waals surface area contributed by atoms with Crippen LogP contribution in [-0.2, 0) is 11.8 Å². The number of halogens is 2. The number of aromatic nitrogens is 1. The van der Waals surface area contributed by atoms with Crippen molar-refractivity contribution in [2.75, 3.05) is 10.6 Å². The van der Waals surface area contributed by atoms with Gasteiger partial charge in [0.25, 0.3) is 0 Å². The van der Waals surface area contributed by atoms with Crippen molar-refractivity contribution >= 4 is 40.1 Å². The Morgan fingerprint density at radius 1 is 1.14 bits per heavy atom. The average Bonchev–Trinajstić information content (AvgIpc) is 2.79. The second-order valence-electron chi connectivity index (χ2n) is 9.55. The molecule has 0 saturated heterocycles. The molecule has 4 aromatic rings. The first-order valence-electron chi connectivity index (χ1n) is 11.2. The average molecular weight is 510 g/mol. The van der Waals surface area contributed by atoms with Gasteiger partial charge in [0, 0.05) is 40.9 Å². The van der Waals surface area contributed by atoms with E-state index in [1.54, 1.807) is 18.3 Å². The first-order chi connectivity index (χ1) is 16.9. The maximum atomic E-state index is 13.6. The van der Waals surface area contributed by atoms with Crippen LogP contribution in [0.25, 0.3) is 11.0 Å². The zero-order valence-corrected chi connectivity index (χ0v) is 21.0. The zero-order chi connectivity index (χ0) is 26.2. The lowest BCUT2D eigenvalue weighted by Gasteiger charge is -2.21. The van der Waals surface area contributed by atoms with E-state index in [1.165, 1.54) is 18.2 Å². The number of carbonyl (C=O) groups is 1. The van der Waals surface area contributed by atoms with Gasteiger partial charge in [-0.15, -0.1) is 0 Å². The number of nitrogens with one attached hydrogen (secondary N) is 2. The molecule has 4 rings (SSSR count). The molecule has 0 saturated carbocycles. The molecule has 0 bridgehead atoms. The second-order valence-corrected chi connectivity index (χ2v) is 9.95. The fraction of sp³-hybridized carbons (Fsp3) is 0.222. The zero-order valence-electron chi connectivity index (χ0n) is 20.2. The molecule has 0 aliphatic rings. The van der Waals surface area contributed by atoms with Crippen LogP contribution in [0.4, 0.5) is 20.7 Å². The van der Waals surface area contributed by atoms with Gasteiger partial charge in [0.15, 0.2) is 0 Å². The number of carbonyl (C=O) groups excluding carboxylic acids is 1. The molecule has 2 aromatic heterocycles. The SMILES string of the molecule is Cc1c(Cc2ccc(NC(=O)Nc3ccc(Cl)c(F)c3)nc2)c(=O)oc2cc(O)c(C(C)(C)C)cc12. The van der Waals surface area contributed by atoms with E-state index < -0.39 is 17.5 Å². The number of hydrogen-bond acceptors (Lipinski definition) is 5. The van der Waals surface area contributed by atoms with Crippen molar-refractivity contribution < 1.29 is 18.7 Å². The van der Waals surface area contributed by atoms with Gasteiger partial charge in [-0.2, -0.15) is 0 Å². The van der Waals surface area contributed by atoms with Crippen molar-refractivity contribution in [3.63, 3.8) is 0 Å². The van der Waals surface area contributed by atoms with Crippen molar-refractivity contribution in [3.8, 4) is 5.75 Å². The Labute approximate surface area is 211 Å². The Bertz CT molecular complexity index is 1530. The number of phenolic OH excluding ortho intramolecular Hbond substituents is 1. The molecule has 36 heavy (non-hydrogen) atoms. The Balaban J connectivity index is 1.53. The summed E-state index contributed by atoms with van der Waals surface area (Å²) in [4.78, 5) is 29.1. The van der Waals surface area contributed by atoms with E-state index in [9.17, 15) is 19.1 Å². The minimum atomic E-state index is -0.642. The molecular weight excluding hydrogens is 485 g/mol. The molecular formula is C27H25ClFN3O4. The number of anilines is 2. The minimum Gasteiger partial charge on any atom is -0.508 e. The van der Waals surface area contributed by atoms with Crippen molar-refractivity contribution in [2.24, 2.45) is 0 Å². The quantitative estimate of drug-likeness (QED) is 0.271. The highest BCUT2D eigenvalue weighted by molar-refractivity contribution is 6.30. The standard InChI is InChI=1S/C27H25ClFN3O4/c1-14-17-11-19(27(2,3)4)22(33)12-23(17)36-25(34)18(14)9-15-5-8-24(30-13-15)32-26(35)31-16-6-7-20(28)21(29)10-16/h5-8,10-13,33H,9H2,1-4H3,(H2,30,31,32,35). The van der Waals surface area contributed by atoms with E-state index in [4.69, 9.17) is 16.0 Å². The minimum absolute atomic E-state index is 0.0401. The van der Waals surface area contributed by atoms with E-state index in [0.717, 1.165) is 28.1 Å². The molecule has 186 valence electrons. The smallest absolute Gasteiger partial charge is 0.340 e. The van der Waals surface area contributed by atoms with Crippen molar-refractivity contribution in [1.29, 1.82) is 0 Å². The summed E-state index contributed by atoms with van der Waals surface area (Å²) < 4.78 is 19.1. The first-order valence-corrected chi connectivity index (χ1v) is 11.6. The summed E-state index contributed by atoms with van der Waals surface area (Å²) in [5, 5.41) is 16.2. The number of hydrogen-bond donors (Lipinski definition) is 3. The molecule has 3 N–H and O–H groups in total. The first kappa shape index (κ1) is 25.2. The molecule has 0 radical (unpaired) electrons. The molecule has 2 amide bonds. The lowest BCUT2D eigenvalue weighted by molar-refractivity contribution is 0.262. The van der Waals surface area contributed by atoms with Gasteiger partial charge in [-0.05, 0) is 53.8 Å². The molecule has 7 nitrogen and oxygen atoms in total. The highest BCUT2D eigenvalue weighted by atomic mass is 35.5. The van der Waals surface area contributed by atoms with E-state index in [2.05, 4.69) is 15.6 Å². The summed E-state index contributed by atoms with van der Waals surface area (Å²) in [6, 6.07) is 10.0. The number of phenols is 1. The fourth-order valence-electron chi connectivity index (χ4n) is 3.89. The third-order valence-electron chi connectivity index (χ3n) is 5.84. The summed E-state index contributed by atoms with van der Waals surface area (Å²) in [5.41, 5.74) is 2.55. The lowest BCUT2D eigenvalue weighted by Crippen LogP contribution is -2.20. The number of benzene rings is 2. The number of fused-ring (bicyclic) bond motifs is 1. The summed E-state index contributed by atoms with van der Waals surface area (Å²) in [7, 11) is 0. The summed E-state index contributed by atoms with van der Waals surface area (Å²) >= 11 is 5.65. The van der Waals surface area contributed by atoms with Gasteiger partial charge in [0.1, 0.15) is 23.0 Å². The normalized spacial score (nSPS) is 11.5. The predicted octanol–water partition coefficient (Wildman–Crippen LogP) is 6.53. The predicted molar refractivity (Wildman–Crippen MR) is 139 cm³/mol. The van der Waals surface area contributed by atoms with Crippen LogP contribution in [0.1, 0.15) is 43.0 Å². The molecule has 0 aliphatic carbocycles. The third kappa shape index (κ3) is 5.33. The monoisotopic (exact) mass is 509 g/mol. The topological polar surface area (TPSA) is 104 Å². The lowest BCUT2D eigenvalue weighted by atomic mass is 9.85. The molecule has 0 spiro atoms. The molecule has 0 unspecified atom stereocenters. The molecule has 9 heteroatoms. The summed E-state index contributed by atoms with van der Waals surface area (Å²) in [6.07, 6.45) is 1.83. The highest BCUT2D eigenvalue weighted by Crippen LogP contribution is 2.35. The van der Waals surface area contributed by atoms with Crippen molar-refractivity contribution in [1.82, 2.24) is 4.98 Å². The van der Waals surface area contributed by atoms with Crippen LogP contribution in [0.3, 0.4) is 0 Å². The van der Waals surface area contributed by atoms with Crippen LogP contribution in [-0.4, -0.2) is 16.1 Å². The maximum absolute atomic E-state index is 13.6. The number of urea groups is 1. The van der Waals surface area contributed by atoms with E-state index in [0.29, 0.717) is 11.1 Å². The van der Waals surface area contributed by atoms with Gasteiger partial charge < -0.3 is 14.8 Å². The Hall–Kier alpha value is -3.91.